The first-order valence-electron chi connectivity index (χ1n) is 8.35. The lowest BCUT2D eigenvalue weighted by Crippen LogP contribution is -2.27. The molecule has 0 spiro atoms. The van der Waals surface area contributed by atoms with Gasteiger partial charge in [0.2, 0.25) is 10.0 Å². The Morgan fingerprint density at radius 2 is 1.73 bits per heavy atom. The summed E-state index contributed by atoms with van der Waals surface area (Å²) in [6, 6.07) is 8.70. The number of hydrogen-bond donors (Lipinski definition) is 1. The molecule has 1 N–H and O–H groups in total. The molecule has 0 aliphatic rings. The third kappa shape index (κ3) is 4.14. The number of nitrogens with one attached hydrogen (secondary N) is 1. The van der Waals surface area contributed by atoms with Crippen LogP contribution in [0.3, 0.4) is 0 Å². The van der Waals surface area contributed by atoms with Gasteiger partial charge in [-0.15, -0.1) is 0 Å². The molecule has 0 aliphatic carbocycles. The number of imidazole rings is 1. The van der Waals surface area contributed by atoms with E-state index in [1.807, 2.05) is 16.7 Å². The molecule has 26 heavy (non-hydrogen) atoms. The van der Waals surface area contributed by atoms with Crippen LogP contribution in [-0.2, 0) is 16.6 Å². The van der Waals surface area contributed by atoms with Crippen LogP contribution >= 0.6 is 0 Å². The van der Waals surface area contributed by atoms with E-state index in [9.17, 15) is 8.42 Å². The van der Waals surface area contributed by atoms with Crippen molar-refractivity contribution < 1.29 is 8.42 Å². The topological polar surface area (TPSA) is 89.8 Å². The van der Waals surface area contributed by atoms with Gasteiger partial charge in [0.25, 0.3) is 0 Å². The highest BCUT2D eigenvalue weighted by Crippen LogP contribution is 2.17. The van der Waals surface area contributed by atoms with Crippen molar-refractivity contribution in [3.63, 3.8) is 0 Å². The Morgan fingerprint density at radius 1 is 1.04 bits per heavy atom. The van der Waals surface area contributed by atoms with Crippen molar-refractivity contribution >= 4 is 10.0 Å². The van der Waals surface area contributed by atoms with Crippen LogP contribution in [0, 0.1) is 0 Å². The van der Waals surface area contributed by atoms with E-state index < -0.39 is 10.0 Å². The molecule has 0 fully saturated rings. The fraction of sp³-hybridized carbons (Fsp3) is 0.278. The van der Waals surface area contributed by atoms with Crippen LogP contribution in [0.2, 0.25) is 0 Å². The van der Waals surface area contributed by atoms with Gasteiger partial charge in [-0.25, -0.2) is 28.1 Å². The van der Waals surface area contributed by atoms with E-state index >= 15 is 0 Å². The standard InChI is InChI=1S/C18H21N5O2S/c1-14(2)15-4-6-16(7-5-15)26(24,25)22-11-13-23-12-10-21-18(23)17-19-8-3-9-20-17/h3-10,12,14,22H,11,13H2,1-2H3. The van der Waals surface area contributed by atoms with E-state index in [-0.39, 0.29) is 11.4 Å². The molecular formula is C18H21N5O2S. The molecule has 0 atom stereocenters. The summed E-state index contributed by atoms with van der Waals surface area (Å²) in [4.78, 5) is 12.9. The highest BCUT2D eigenvalue weighted by Gasteiger charge is 2.14. The molecular weight excluding hydrogens is 350 g/mol. The normalized spacial score (nSPS) is 11.8. The molecule has 2 heterocycles. The van der Waals surface area contributed by atoms with E-state index in [0.29, 0.717) is 24.1 Å². The van der Waals surface area contributed by atoms with E-state index in [4.69, 9.17) is 0 Å². The second-order valence-corrected chi connectivity index (χ2v) is 7.91. The Balaban J connectivity index is 1.66. The van der Waals surface area contributed by atoms with Crippen LogP contribution in [0.4, 0.5) is 0 Å². The minimum atomic E-state index is -3.55. The zero-order valence-electron chi connectivity index (χ0n) is 14.7. The lowest BCUT2D eigenvalue weighted by molar-refractivity contribution is 0.573. The van der Waals surface area contributed by atoms with Crippen molar-refractivity contribution in [2.45, 2.75) is 31.2 Å². The minimum Gasteiger partial charge on any atom is -0.327 e. The second-order valence-electron chi connectivity index (χ2n) is 6.14. The van der Waals surface area contributed by atoms with Crippen molar-refractivity contribution in [2.75, 3.05) is 6.54 Å². The van der Waals surface area contributed by atoms with Gasteiger partial charge in [0.15, 0.2) is 11.6 Å². The molecule has 8 heteroatoms. The highest BCUT2D eigenvalue weighted by molar-refractivity contribution is 7.89. The lowest BCUT2D eigenvalue weighted by Gasteiger charge is -2.10. The van der Waals surface area contributed by atoms with Crippen LogP contribution < -0.4 is 4.72 Å². The second kappa shape index (κ2) is 7.76. The molecule has 1 aromatic carbocycles. The summed E-state index contributed by atoms with van der Waals surface area (Å²) in [6.07, 6.45) is 6.71. The Bertz CT molecular complexity index is 951. The molecule has 3 aromatic rings. The van der Waals surface area contributed by atoms with Gasteiger partial charge >= 0.3 is 0 Å². The average Bonchev–Trinajstić information content (AvgIpc) is 3.11. The van der Waals surface area contributed by atoms with Gasteiger partial charge in [-0.2, -0.15) is 0 Å². The maximum absolute atomic E-state index is 12.4. The third-order valence-electron chi connectivity index (χ3n) is 3.98. The van der Waals surface area contributed by atoms with Crippen LogP contribution in [0.5, 0.6) is 0 Å². The summed E-state index contributed by atoms with van der Waals surface area (Å²) < 4.78 is 29.3. The van der Waals surface area contributed by atoms with Gasteiger partial charge in [0, 0.05) is 37.9 Å². The fourth-order valence-electron chi connectivity index (χ4n) is 2.53. The molecule has 0 saturated carbocycles. The summed E-state index contributed by atoms with van der Waals surface area (Å²) in [6.45, 7) is 4.81. The highest BCUT2D eigenvalue weighted by atomic mass is 32.2. The predicted molar refractivity (Wildman–Crippen MR) is 99.0 cm³/mol. The Kier molecular flexibility index (Phi) is 5.43. The van der Waals surface area contributed by atoms with Crippen molar-refractivity contribution in [1.82, 2.24) is 24.2 Å². The van der Waals surface area contributed by atoms with Crippen molar-refractivity contribution in [3.8, 4) is 11.6 Å². The van der Waals surface area contributed by atoms with E-state index in [2.05, 4.69) is 33.5 Å². The number of nitrogens with zero attached hydrogens (tertiary/aromatic N) is 4. The summed E-state index contributed by atoms with van der Waals surface area (Å²) >= 11 is 0. The molecule has 0 aliphatic heterocycles. The predicted octanol–water partition coefficient (Wildman–Crippen LogP) is 2.44. The first kappa shape index (κ1) is 18.2. The summed E-state index contributed by atoms with van der Waals surface area (Å²) in [5.74, 6) is 1.47. The third-order valence-corrected chi connectivity index (χ3v) is 5.46. The van der Waals surface area contributed by atoms with Gasteiger partial charge < -0.3 is 4.57 Å². The summed E-state index contributed by atoms with van der Waals surface area (Å²) in [7, 11) is -3.55. The Morgan fingerprint density at radius 3 is 2.38 bits per heavy atom. The molecule has 0 saturated heterocycles. The maximum Gasteiger partial charge on any atom is 0.240 e. The number of sulfonamides is 1. The van der Waals surface area contributed by atoms with Crippen LogP contribution in [0.1, 0.15) is 25.3 Å². The van der Waals surface area contributed by atoms with Crippen LogP contribution in [-0.4, -0.2) is 34.5 Å². The van der Waals surface area contributed by atoms with Gasteiger partial charge in [-0.3, -0.25) is 0 Å². The maximum atomic E-state index is 12.4. The molecule has 136 valence electrons. The van der Waals surface area contributed by atoms with Crippen LogP contribution in [0.25, 0.3) is 11.6 Å². The molecule has 7 nitrogen and oxygen atoms in total. The SMILES string of the molecule is CC(C)c1ccc(S(=O)(=O)NCCn2ccnc2-c2ncccn2)cc1. The van der Waals surface area contributed by atoms with Crippen molar-refractivity contribution in [2.24, 2.45) is 0 Å². The first-order valence-corrected chi connectivity index (χ1v) is 9.84. The quantitative estimate of drug-likeness (QED) is 0.689. The number of rotatable bonds is 7. The Hall–Kier alpha value is -2.58. The van der Waals surface area contributed by atoms with Gasteiger partial charge in [-0.05, 0) is 29.7 Å². The Labute approximate surface area is 153 Å². The zero-order valence-corrected chi connectivity index (χ0v) is 15.5. The van der Waals surface area contributed by atoms with Gasteiger partial charge in [-0.1, -0.05) is 26.0 Å². The monoisotopic (exact) mass is 371 g/mol. The first-order chi connectivity index (χ1) is 12.5. The summed E-state index contributed by atoms with van der Waals surface area (Å²) in [5, 5.41) is 0. The molecule has 0 bridgehead atoms. The molecule has 0 radical (unpaired) electrons. The van der Waals surface area contributed by atoms with Crippen molar-refractivity contribution in [1.29, 1.82) is 0 Å². The molecule has 3 rings (SSSR count). The number of benzene rings is 1. The molecule has 2 aromatic heterocycles. The van der Waals surface area contributed by atoms with Crippen molar-refractivity contribution in [3.05, 3.63) is 60.7 Å². The number of hydrogen-bond acceptors (Lipinski definition) is 5. The number of aromatic nitrogens is 4. The van der Waals surface area contributed by atoms with E-state index in [0.717, 1.165) is 5.56 Å². The molecule has 0 unspecified atom stereocenters. The van der Waals surface area contributed by atoms with E-state index in [1.165, 1.54) is 0 Å². The minimum absolute atomic E-state index is 0.241. The largest absolute Gasteiger partial charge is 0.327 e. The summed E-state index contributed by atoms with van der Waals surface area (Å²) in [5.41, 5.74) is 1.11. The van der Waals surface area contributed by atoms with E-state index in [1.54, 1.807) is 43.0 Å². The lowest BCUT2D eigenvalue weighted by atomic mass is 10.0. The average molecular weight is 371 g/mol. The molecule has 0 amide bonds. The van der Waals surface area contributed by atoms with Crippen LogP contribution in [0.15, 0.2) is 60.0 Å². The zero-order chi connectivity index (χ0) is 18.6. The van der Waals surface area contributed by atoms with Gasteiger partial charge in [0.05, 0.1) is 4.90 Å². The fourth-order valence-corrected chi connectivity index (χ4v) is 3.55. The van der Waals surface area contributed by atoms with Gasteiger partial charge in [0.1, 0.15) is 0 Å². The smallest absolute Gasteiger partial charge is 0.240 e.